The van der Waals surface area contributed by atoms with E-state index in [0.29, 0.717) is 16.5 Å². The van der Waals surface area contributed by atoms with Crippen LogP contribution in [0.3, 0.4) is 0 Å². The number of nitrogens with two attached hydrogens (primary N) is 1. The molecule has 0 fully saturated rings. The van der Waals surface area contributed by atoms with Gasteiger partial charge in [0.15, 0.2) is 5.41 Å². The highest BCUT2D eigenvalue weighted by atomic mass is 35.5. The highest BCUT2D eigenvalue weighted by molar-refractivity contribution is 6.30. The number of benzene rings is 2. The third kappa shape index (κ3) is 3.86. The fourth-order valence-electron chi connectivity index (χ4n) is 5.05. The van der Waals surface area contributed by atoms with Crippen molar-refractivity contribution in [2.75, 3.05) is 7.11 Å². The van der Waals surface area contributed by atoms with Crippen LogP contribution in [0.4, 0.5) is 0 Å². The Morgan fingerprint density at radius 3 is 2.50 bits per heavy atom. The lowest BCUT2D eigenvalue weighted by molar-refractivity contribution is 0.294. The van der Waals surface area contributed by atoms with Crippen molar-refractivity contribution in [2.45, 2.75) is 31.8 Å². The molecule has 170 valence electrons. The van der Waals surface area contributed by atoms with E-state index in [1.54, 1.807) is 31.4 Å². The molecule has 2 N–H and O–H groups in total. The first-order chi connectivity index (χ1) is 16.5. The first-order valence-corrected chi connectivity index (χ1v) is 11.3. The van der Waals surface area contributed by atoms with Gasteiger partial charge in [0.1, 0.15) is 24.2 Å². The van der Waals surface area contributed by atoms with Gasteiger partial charge >= 0.3 is 0 Å². The zero-order valence-corrected chi connectivity index (χ0v) is 19.5. The molecular weight excluding hydrogens is 448 g/mol. The van der Waals surface area contributed by atoms with Gasteiger partial charge in [-0.05, 0) is 72.7 Å². The zero-order chi connectivity index (χ0) is 24.3. The summed E-state index contributed by atoms with van der Waals surface area (Å²) in [7, 11) is 1.58. The average molecular weight is 471 g/mol. The second-order valence-electron chi connectivity index (χ2n) is 8.42. The van der Waals surface area contributed by atoms with Crippen molar-refractivity contribution >= 4 is 11.6 Å². The molecule has 0 amide bonds. The van der Waals surface area contributed by atoms with Crippen LogP contribution in [0.15, 0.2) is 65.4 Å². The number of halogens is 1. The maximum atomic E-state index is 10.2. The molecule has 4 rings (SSSR count). The topological polar surface area (TPSA) is 116 Å². The summed E-state index contributed by atoms with van der Waals surface area (Å²) in [5.41, 5.74) is 7.43. The maximum Gasteiger partial charge on any atom is 0.191 e. The molecule has 0 spiro atoms. The molecular formula is C27H23ClN4O2. The molecule has 34 heavy (non-hydrogen) atoms. The van der Waals surface area contributed by atoms with E-state index in [2.05, 4.69) is 18.2 Å². The summed E-state index contributed by atoms with van der Waals surface area (Å²) in [4.78, 5) is 0. The predicted molar refractivity (Wildman–Crippen MR) is 127 cm³/mol. The molecule has 2 atom stereocenters. The standard InChI is InChI=1S/C27H23ClN4O2/c1-33-24-11-6-17(12-18(24)14-34-20-9-7-19(28)8-10-20)25-22-5-3-2-4-21(22)23(13-29)26(32)27(25,15-30)16-31/h4,6-12,22,25H,2-3,5,14,32H2,1H3. The summed E-state index contributed by atoms with van der Waals surface area (Å²) in [6.07, 6.45) is 4.55. The molecule has 2 aromatic rings. The Kier molecular flexibility index (Phi) is 6.51. The third-order valence-corrected chi connectivity index (χ3v) is 6.92. The minimum absolute atomic E-state index is 0.0317. The monoisotopic (exact) mass is 470 g/mol. The first-order valence-electron chi connectivity index (χ1n) is 11.0. The normalized spacial score (nSPS) is 20.7. The highest BCUT2D eigenvalue weighted by Crippen LogP contribution is 2.56. The number of ether oxygens (including phenoxy) is 2. The van der Waals surface area contributed by atoms with E-state index in [0.717, 1.165) is 36.0 Å². The smallest absolute Gasteiger partial charge is 0.191 e. The van der Waals surface area contributed by atoms with E-state index in [1.165, 1.54) is 0 Å². The fraction of sp³-hybridized carbons (Fsp3) is 0.296. The van der Waals surface area contributed by atoms with E-state index in [-0.39, 0.29) is 23.8 Å². The Balaban J connectivity index is 1.80. The molecule has 0 heterocycles. The summed E-state index contributed by atoms with van der Waals surface area (Å²) < 4.78 is 11.5. The molecule has 2 aromatic carbocycles. The summed E-state index contributed by atoms with van der Waals surface area (Å²) in [6, 6.07) is 19.2. The van der Waals surface area contributed by atoms with Gasteiger partial charge in [-0.15, -0.1) is 0 Å². The lowest BCUT2D eigenvalue weighted by Crippen LogP contribution is -2.42. The minimum Gasteiger partial charge on any atom is -0.496 e. The van der Waals surface area contributed by atoms with Crippen molar-refractivity contribution in [2.24, 2.45) is 17.1 Å². The molecule has 7 heteroatoms. The van der Waals surface area contributed by atoms with Gasteiger partial charge in [0.2, 0.25) is 0 Å². The van der Waals surface area contributed by atoms with Crippen LogP contribution in [0.2, 0.25) is 5.02 Å². The van der Waals surface area contributed by atoms with Crippen molar-refractivity contribution in [1.29, 1.82) is 15.8 Å². The van der Waals surface area contributed by atoms with Crippen LogP contribution in [-0.2, 0) is 6.61 Å². The Hall–Kier alpha value is -3.92. The lowest BCUT2D eigenvalue weighted by atomic mass is 9.56. The largest absolute Gasteiger partial charge is 0.496 e. The number of methoxy groups -OCH3 is 1. The van der Waals surface area contributed by atoms with Gasteiger partial charge in [-0.25, -0.2) is 0 Å². The second kappa shape index (κ2) is 9.52. The Labute approximate surface area is 204 Å². The molecule has 0 aromatic heterocycles. The van der Waals surface area contributed by atoms with E-state index in [9.17, 15) is 15.8 Å². The molecule has 0 bridgehead atoms. The molecule has 6 nitrogen and oxygen atoms in total. The number of allylic oxidation sites excluding steroid dienone is 4. The first kappa shape index (κ1) is 23.2. The second-order valence-corrected chi connectivity index (χ2v) is 8.86. The Morgan fingerprint density at radius 1 is 1.12 bits per heavy atom. The summed E-state index contributed by atoms with van der Waals surface area (Å²) in [6.45, 7) is 0.222. The van der Waals surface area contributed by atoms with Gasteiger partial charge in [-0.2, -0.15) is 15.8 Å². The van der Waals surface area contributed by atoms with Gasteiger partial charge in [-0.1, -0.05) is 23.7 Å². The quantitative estimate of drug-likeness (QED) is 0.614. The lowest BCUT2D eigenvalue weighted by Gasteiger charge is -2.43. The number of nitriles is 3. The molecule has 0 radical (unpaired) electrons. The van der Waals surface area contributed by atoms with E-state index >= 15 is 0 Å². The molecule has 0 saturated carbocycles. The highest BCUT2D eigenvalue weighted by Gasteiger charge is 2.53. The average Bonchev–Trinajstić information content (AvgIpc) is 2.87. The number of hydrogen-bond donors (Lipinski definition) is 1. The number of nitrogens with zero attached hydrogens (tertiary/aromatic N) is 3. The van der Waals surface area contributed by atoms with Crippen LogP contribution < -0.4 is 15.2 Å². The third-order valence-electron chi connectivity index (χ3n) is 6.67. The molecule has 2 unspecified atom stereocenters. The van der Waals surface area contributed by atoms with Crippen LogP contribution >= 0.6 is 11.6 Å². The maximum absolute atomic E-state index is 10.2. The summed E-state index contributed by atoms with van der Waals surface area (Å²) >= 11 is 5.96. The number of fused-ring (bicyclic) bond motifs is 1. The Morgan fingerprint density at radius 2 is 1.85 bits per heavy atom. The summed E-state index contributed by atoms with van der Waals surface area (Å²) in [5.74, 6) is 0.606. The molecule has 0 aliphatic heterocycles. The molecule has 2 aliphatic carbocycles. The number of rotatable bonds is 5. The van der Waals surface area contributed by atoms with E-state index < -0.39 is 11.3 Å². The van der Waals surface area contributed by atoms with Gasteiger partial charge in [0, 0.05) is 16.5 Å². The van der Waals surface area contributed by atoms with E-state index in [1.807, 2.05) is 24.3 Å². The van der Waals surface area contributed by atoms with Crippen molar-refractivity contribution in [3.8, 4) is 29.7 Å². The molecule has 2 aliphatic rings. The van der Waals surface area contributed by atoms with Crippen LogP contribution in [-0.4, -0.2) is 7.11 Å². The van der Waals surface area contributed by atoms with Crippen LogP contribution in [0.25, 0.3) is 0 Å². The predicted octanol–water partition coefficient (Wildman–Crippen LogP) is 5.52. The number of hydrogen-bond acceptors (Lipinski definition) is 6. The van der Waals surface area contributed by atoms with Gasteiger partial charge in [0.05, 0.1) is 30.5 Å². The minimum atomic E-state index is -1.65. The SMILES string of the molecule is COc1ccc(C2C3CCCC=C3C(C#N)=C(N)C2(C#N)C#N)cc1COc1ccc(Cl)cc1. The zero-order valence-electron chi connectivity index (χ0n) is 18.7. The van der Waals surface area contributed by atoms with Crippen molar-refractivity contribution < 1.29 is 9.47 Å². The Bertz CT molecular complexity index is 1280. The summed E-state index contributed by atoms with van der Waals surface area (Å²) in [5, 5.41) is 30.8. The van der Waals surface area contributed by atoms with Crippen molar-refractivity contribution in [3.63, 3.8) is 0 Å². The van der Waals surface area contributed by atoms with E-state index in [4.69, 9.17) is 26.8 Å². The van der Waals surface area contributed by atoms with Gasteiger partial charge < -0.3 is 15.2 Å². The van der Waals surface area contributed by atoms with Crippen LogP contribution in [0.1, 0.15) is 36.3 Å². The van der Waals surface area contributed by atoms with Gasteiger partial charge in [0.25, 0.3) is 0 Å². The van der Waals surface area contributed by atoms with Gasteiger partial charge in [-0.3, -0.25) is 0 Å². The van der Waals surface area contributed by atoms with Crippen LogP contribution in [0.5, 0.6) is 11.5 Å². The molecule has 0 saturated heterocycles. The van der Waals surface area contributed by atoms with Crippen LogP contribution in [0, 0.1) is 45.3 Å². The van der Waals surface area contributed by atoms with Crippen molar-refractivity contribution in [1.82, 2.24) is 0 Å². The van der Waals surface area contributed by atoms with Crippen molar-refractivity contribution in [3.05, 3.63) is 81.5 Å². The fourth-order valence-corrected chi connectivity index (χ4v) is 5.17.